The molecule has 0 amide bonds. The molecule has 0 saturated heterocycles. The van der Waals surface area contributed by atoms with Gasteiger partial charge in [-0.1, -0.05) is 6.92 Å². The molecule has 0 aromatic carbocycles. The second-order valence-electron chi connectivity index (χ2n) is 2.32. The highest BCUT2D eigenvalue weighted by Gasteiger charge is 2.10. The monoisotopic (exact) mass is 195 g/mol. The van der Waals surface area contributed by atoms with Crippen LogP contribution in [0.5, 0.6) is 0 Å². The Bertz CT molecular complexity index is 122. The molecule has 0 bridgehead atoms. The molecule has 2 atom stereocenters. The van der Waals surface area contributed by atoms with Gasteiger partial charge in [0.25, 0.3) is 0 Å². The van der Waals surface area contributed by atoms with Gasteiger partial charge in [0, 0.05) is 0 Å². The normalized spacial score (nSPS) is 13.9. The number of carbonyl (C=O) groups is 1. The van der Waals surface area contributed by atoms with Crippen LogP contribution in [0.15, 0.2) is 0 Å². The molecule has 0 aliphatic rings. The topological polar surface area (TPSA) is 124 Å². The number of carboxylic acid groups (broad SMARTS) is 1. The van der Waals surface area contributed by atoms with E-state index in [9.17, 15) is 4.79 Å². The highest BCUT2D eigenvalue weighted by Crippen LogP contribution is 1.95. The molecule has 0 spiro atoms. The van der Waals surface area contributed by atoms with Crippen LogP contribution in [0.3, 0.4) is 0 Å². The van der Waals surface area contributed by atoms with Gasteiger partial charge in [-0.15, -0.1) is 0 Å². The first-order chi connectivity index (χ1) is 5.99. The van der Waals surface area contributed by atoms with Crippen LogP contribution in [-0.2, 0) is 4.79 Å². The van der Waals surface area contributed by atoms with Crippen molar-refractivity contribution in [3.63, 3.8) is 0 Å². The molecule has 2 unspecified atom stereocenters. The lowest BCUT2D eigenvalue weighted by Gasteiger charge is -2.11. The lowest BCUT2D eigenvalue weighted by molar-refractivity contribution is -0.135. The third kappa shape index (κ3) is 11.3. The maximum Gasteiger partial charge on any atom is 0.317 e. The summed E-state index contributed by atoms with van der Waals surface area (Å²) in [6.45, 7) is 1.10. The van der Waals surface area contributed by atoms with Crippen LogP contribution >= 0.6 is 0 Å². The van der Waals surface area contributed by atoms with Crippen molar-refractivity contribution in [2.75, 3.05) is 13.2 Å². The number of aliphatic hydroxyl groups excluding tert-OH is 3. The van der Waals surface area contributed by atoms with Crippen molar-refractivity contribution >= 4 is 5.97 Å². The Morgan fingerprint density at radius 3 is 1.85 bits per heavy atom. The third-order valence-corrected chi connectivity index (χ3v) is 1.22. The van der Waals surface area contributed by atoms with Gasteiger partial charge in [0.05, 0.1) is 19.3 Å². The Labute approximate surface area is 76.6 Å². The number of nitrogens with two attached hydrogens (primary N) is 1. The summed E-state index contributed by atoms with van der Waals surface area (Å²) in [5.41, 5.74) is 4.57. The lowest BCUT2D eigenvalue weighted by atomic mass is 10.2. The van der Waals surface area contributed by atoms with E-state index in [4.69, 9.17) is 20.4 Å². The lowest BCUT2D eigenvalue weighted by Crippen LogP contribution is -2.28. The van der Waals surface area contributed by atoms with E-state index in [1.165, 1.54) is 0 Å². The van der Waals surface area contributed by atoms with Crippen molar-refractivity contribution in [2.24, 2.45) is 5.73 Å². The van der Waals surface area contributed by atoms with Gasteiger partial charge in [0.15, 0.2) is 0 Å². The molecule has 0 radical (unpaired) electrons. The first kappa shape index (κ1) is 14.8. The van der Waals surface area contributed by atoms with Gasteiger partial charge in [0.2, 0.25) is 0 Å². The predicted octanol–water partition coefficient (Wildman–Crippen LogP) is -1.86. The average Bonchev–Trinajstić information content (AvgIpc) is 2.16. The fourth-order valence-corrected chi connectivity index (χ4v) is 0.394. The molecular weight excluding hydrogens is 178 g/mol. The Kier molecular flexibility index (Phi) is 10.7. The Balaban J connectivity index is 0. The highest BCUT2D eigenvalue weighted by atomic mass is 16.4. The first-order valence-corrected chi connectivity index (χ1v) is 3.88. The van der Waals surface area contributed by atoms with E-state index < -0.39 is 18.2 Å². The minimum absolute atomic E-state index is 0.278. The summed E-state index contributed by atoms with van der Waals surface area (Å²) in [6, 6.07) is 0. The second-order valence-corrected chi connectivity index (χ2v) is 2.32. The molecule has 6 heteroatoms. The third-order valence-electron chi connectivity index (χ3n) is 1.22. The minimum atomic E-state index is -0.972. The molecule has 0 aliphatic heterocycles. The Hall–Kier alpha value is -0.690. The highest BCUT2D eigenvalue weighted by molar-refractivity contribution is 5.68. The van der Waals surface area contributed by atoms with Crippen molar-refractivity contribution in [1.29, 1.82) is 0 Å². The standard InChI is InChI=1S/C5H12O3.C2H5NO2/c1-2-4(7)5(8)3-6;3-1-2(4)5/h4-8H,2-3H2,1H3;1,3H2,(H,4,5). The molecule has 6 N–H and O–H groups in total. The van der Waals surface area contributed by atoms with E-state index in [1.54, 1.807) is 6.92 Å². The molecule has 80 valence electrons. The van der Waals surface area contributed by atoms with Crippen LogP contribution < -0.4 is 5.73 Å². The van der Waals surface area contributed by atoms with E-state index in [0.29, 0.717) is 6.42 Å². The second kappa shape index (κ2) is 9.40. The van der Waals surface area contributed by atoms with E-state index in [2.05, 4.69) is 5.73 Å². The fourth-order valence-electron chi connectivity index (χ4n) is 0.394. The van der Waals surface area contributed by atoms with E-state index >= 15 is 0 Å². The van der Waals surface area contributed by atoms with Crippen LogP contribution in [0, 0.1) is 0 Å². The molecule has 0 heterocycles. The zero-order chi connectivity index (χ0) is 10.9. The molecule has 0 rings (SSSR count). The maximum atomic E-state index is 9.24. The summed E-state index contributed by atoms with van der Waals surface area (Å²) in [4.78, 5) is 9.24. The van der Waals surface area contributed by atoms with Gasteiger partial charge < -0.3 is 26.2 Å². The van der Waals surface area contributed by atoms with Crippen LogP contribution in [0.1, 0.15) is 13.3 Å². The average molecular weight is 195 g/mol. The SMILES string of the molecule is CCC(O)C(O)CO.NCC(=O)O. The van der Waals surface area contributed by atoms with Crippen LogP contribution in [0.25, 0.3) is 0 Å². The fraction of sp³-hybridized carbons (Fsp3) is 0.857. The van der Waals surface area contributed by atoms with Crippen molar-refractivity contribution in [3.05, 3.63) is 0 Å². The Morgan fingerprint density at radius 1 is 1.38 bits per heavy atom. The van der Waals surface area contributed by atoms with Gasteiger partial charge in [-0.3, -0.25) is 4.79 Å². The van der Waals surface area contributed by atoms with Gasteiger partial charge in [-0.25, -0.2) is 0 Å². The molecule has 0 aromatic rings. The van der Waals surface area contributed by atoms with Crippen LogP contribution in [0.4, 0.5) is 0 Å². The van der Waals surface area contributed by atoms with Crippen molar-refractivity contribution in [2.45, 2.75) is 25.6 Å². The summed E-state index contributed by atoms with van der Waals surface area (Å²) >= 11 is 0. The van der Waals surface area contributed by atoms with E-state index in [-0.39, 0.29) is 13.2 Å². The van der Waals surface area contributed by atoms with Gasteiger partial charge >= 0.3 is 5.97 Å². The van der Waals surface area contributed by atoms with Gasteiger partial charge in [0.1, 0.15) is 6.10 Å². The number of aliphatic hydroxyl groups is 3. The summed E-state index contributed by atoms with van der Waals surface area (Å²) < 4.78 is 0. The Morgan fingerprint density at radius 2 is 1.77 bits per heavy atom. The van der Waals surface area contributed by atoms with Gasteiger partial charge in [-0.2, -0.15) is 0 Å². The van der Waals surface area contributed by atoms with Gasteiger partial charge in [-0.05, 0) is 6.42 Å². The maximum absolute atomic E-state index is 9.24. The molecule has 0 aromatic heterocycles. The minimum Gasteiger partial charge on any atom is -0.480 e. The van der Waals surface area contributed by atoms with Crippen molar-refractivity contribution < 1.29 is 25.2 Å². The quantitative estimate of drug-likeness (QED) is 0.358. The smallest absolute Gasteiger partial charge is 0.317 e. The largest absolute Gasteiger partial charge is 0.480 e. The molecule has 13 heavy (non-hydrogen) atoms. The molecule has 0 fully saturated rings. The zero-order valence-electron chi connectivity index (χ0n) is 7.55. The number of carboxylic acids is 1. The number of hydrogen-bond donors (Lipinski definition) is 5. The van der Waals surface area contributed by atoms with Crippen molar-refractivity contribution in [1.82, 2.24) is 0 Å². The molecule has 0 saturated carbocycles. The van der Waals surface area contributed by atoms with Crippen LogP contribution in [-0.4, -0.2) is 51.8 Å². The number of hydrogen-bond acceptors (Lipinski definition) is 5. The number of aliphatic carboxylic acids is 1. The summed E-state index contributed by atoms with van der Waals surface area (Å²) in [5.74, 6) is -0.968. The molecule has 0 aliphatic carbocycles. The summed E-state index contributed by atoms with van der Waals surface area (Å²) in [7, 11) is 0. The van der Waals surface area contributed by atoms with Crippen molar-refractivity contribution in [3.8, 4) is 0 Å². The first-order valence-electron chi connectivity index (χ1n) is 3.88. The predicted molar refractivity (Wildman–Crippen MR) is 46.1 cm³/mol. The molecule has 6 nitrogen and oxygen atoms in total. The zero-order valence-corrected chi connectivity index (χ0v) is 7.55. The van der Waals surface area contributed by atoms with E-state index in [0.717, 1.165) is 0 Å². The summed E-state index contributed by atoms with van der Waals surface area (Å²) in [5, 5.41) is 33.2. The van der Waals surface area contributed by atoms with Crippen LogP contribution in [0.2, 0.25) is 0 Å². The summed E-state index contributed by atoms with van der Waals surface area (Å²) in [6.07, 6.45) is -1.28. The van der Waals surface area contributed by atoms with E-state index in [1.807, 2.05) is 0 Å². The number of rotatable bonds is 4. The molecular formula is C7H17NO5.